The third kappa shape index (κ3) is 4.68. The van der Waals surface area contributed by atoms with E-state index in [0.717, 1.165) is 9.13 Å². The number of piperidine rings is 1. The fourth-order valence-electron chi connectivity index (χ4n) is 2.70. The molecule has 0 radical (unpaired) electrons. The Kier molecular flexibility index (Phi) is 6.59. The van der Waals surface area contributed by atoms with Crippen molar-refractivity contribution in [3.8, 4) is 0 Å². The molecule has 24 heavy (non-hydrogen) atoms. The predicted octanol–water partition coefficient (Wildman–Crippen LogP) is 2.34. The van der Waals surface area contributed by atoms with Gasteiger partial charge in [-0.25, -0.2) is 0 Å². The first-order valence-electron chi connectivity index (χ1n) is 7.95. The molecule has 7 heteroatoms. The van der Waals surface area contributed by atoms with E-state index in [1.54, 1.807) is 13.0 Å². The van der Waals surface area contributed by atoms with Gasteiger partial charge in [-0.05, 0) is 73.0 Å². The number of aryl methyl sites for hydroxylation is 1. The van der Waals surface area contributed by atoms with Crippen LogP contribution in [0.5, 0.6) is 0 Å². The molecule has 1 aliphatic rings. The van der Waals surface area contributed by atoms with Crippen LogP contribution in [0.2, 0.25) is 0 Å². The number of halogens is 1. The van der Waals surface area contributed by atoms with Crippen LogP contribution in [0.15, 0.2) is 18.2 Å². The van der Waals surface area contributed by atoms with E-state index < -0.39 is 11.8 Å². The average molecular weight is 444 g/mol. The Morgan fingerprint density at radius 2 is 2.12 bits per heavy atom. The summed E-state index contributed by atoms with van der Waals surface area (Å²) in [5, 5.41) is 2.65. The number of anilines is 1. The van der Waals surface area contributed by atoms with Gasteiger partial charge in [0.15, 0.2) is 0 Å². The standard InChI is InChI=1S/C17H21IN2O4/c1-3-24-17(23)12-5-4-8-20(10-12)16(22)15(21)19-14-7-6-13(18)9-11(14)2/h6-7,9,12H,3-5,8,10H2,1-2H3,(H,19,21). The topological polar surface area (TPSA) is 75.7 Å². The van der Waals surface area contributed by atoms with Crippen molar-refractivity contribution in [3.63, 3.8) is 0 Å². The van der Waals surface area contributed by atoms with Crippen molar-refractivity contribution in [3.05, 3.63) is 27.3 Å². The molecule has 0 aliphatic carbocycles. The first kappa shape index (κ1) is 18.7. The van der Waals surface area contributed by atoms with Gasteiger partial charge >= 0.3 is 17.8 Å². The van der Waals surface area contributed by atoms with Crippen molar-refractivity contribution in [1.82, 2.24) is 4.90 Å². The minimum atomic E-state index is -0.677. The summed E-state index contributed by atoms with van der Waals surface area (Å²) in [6, 6.07) is 5.57. The second-order valence-electron chi connectivity index (χ2n) is 5.76. The van der Waals surface area contributed by atoms with E-state index in [9.17, 15) is 14.4 Å². The minimum Gasteiger partial charge on any atom is -0.466 e. The van der Waals surface area contributed by atoms with E-state index in [-0.39, 0.29) is 18.4 Å². The van der Waals surface area contributed by atoms with Gasteiger partial charge in [0.1, 0.15) is 0 Å². The highest BCUT2D eigenvalue weighted by Gasteiger charge is 2.32. The monoisotopic (exact) mass is 444 g/mol. The fourth-order valence-corrected chi connectivity index (χ4v) is 3.35. The molecule has 1 aromatic carbocycles. The highest BCUT2D eigenvalue weighted by Crippen LogP contribution is 2.20. The molecule has 6 nitrogen and oxygen atoms in total. The SMILES string of the molecule is CCOC(=O)C1CCCN(C(=O)C(=O)Nc2ccc(I)cc2C)C1. The molecule has 0 spiro atoms. The summed E-state index contributed by atoms with van der Waals surface area (Å²) in [5.41, 5.74) is 1.51. The number of rotatable bonds is 3. The Hall–Kier alpha value is -1.64. The highest BCUT2D eigenvalue weighted by molar-refractivity contribution is 14.1. The number of amides is 2. The van der Waals surface area contributed by atoms with Gasteiger partial charge in [-0.2, -0.15) is 0 Å². The Morgan fingerprint density at radius 3 is 2.79 bits per heavy atom. The number of carbonyl (C=O) groups is 3. The molecule has 130 valence electrons. The molecule has 1 atom stereocenters. The van der Waals surface area contributed by atoms with Crippen molar-refractivity contribution in [2.24, 2.45) is 5.92 Å². The van der Waals surface area contributed by atoms with Crippen LogP contribution in [0, 0.1) is 16.4 Å². The van der Waals surface area contributed by atoms with Gasteiger partial charge in [0.05, 0.1) is 12.5 Å². The number of nitrogens with one attached hydrogen (secondary N) is 1. The van der Waals surface area contributed by atoms with Crippen molar-refractivity contribution >= 4 is 46.1 Å². The molecule has 0 bridgehead atoms. The highest BCUT2D eigenvalue weighted by atomic mass is 127. The number of carbonyl (C=O) groups excluding carboxylic acids is 3. The molecule has 2 rings (SSSR count). The molecule has 1 aromatic rings. The lowest BCUT2D eigenvalue weighted by Gasteiger charge is -2.31. The molecule has 2 amide bonds. The summed E-state index contributed by atoms with van der Waals surface area (Å²) in [4.78, 5) is 37.9. The molecular weight excluding hydrogens is 423 g/mol. The smallest absolute Gasteiger partial charge is 0.313 e. The summed E-state index contributed by atoms with van der Waals surface area (Å²) < 4.78 is 6.07. The van der Waals surface area contributed by atoms with Gasteiger partial charge in [0, 0.05) is 22.3 Å². The Balaban J connectivity index is 1.99. The average Bonchev–Trinajstić information content (AvgIpc) is 2.57. The number of hydrogen-bond acceptors (Lipinski definition) is 4. The number of hydrogen-bond donors (Lipinski definition) is 1. The molecule has 1 unspecified atom stereocenters. The maximum atomic E-state index is 12.4. The van der Waals surface area contributed by atoms with Crippen LogP contribution in [0.25, 0.3) is 0 Å². The molecule has 1 N–H and O–H groups in total. The molecular formula is C17H21IN2O4. The molecule has 1 heterocycles. The summed E-state index contributed by atoms with van der Waals surface area (Å²) in [6.45, 7) is 4.65. The Bertz CT molecular complexity index is 647. The van der Waals surface area contributed by atoms with Gasteiger partial charge in [-0.15, -0.1) is 0 Å². The van der Waals surface area contributed by atoms with E-state index in [4.69, 9.17) is 4.74 Å². The Labute approximate surface area is 155 Å². The lowest BCUT2D eigenvalue weighted by atomic mass is 9.98. The first-order chi connectivity index (χ1) is 11.4. The number of ether oxygens (including phenoxy) is 1. The number of likely N-dealkylation sites (tertiary alicyclic amines) is 1. The van der Waals surface area contributed by atoms with E-state index >= 15 is 0 Å². The largest absolute Gasteiger partial charge is 0.466 e. The van der Waals surface area contributed by atoms with Crippen molar-refractivity contribution < 1.29 is 19.1 Å². The van der Waals surface area contributed by atoms with Gasteiger partial charge in [-0.1, -0.05) is 0 Å². The quantitative estimate of drug-likeness (QED) is 0.441. The summed E-state index contributed by atoms with van der Waals surface area (Å²) >= 11 is 2.19. The van der Waals surface area contributed by atoms with E-state index in [1.165, 1.54) is 4.90 Å². The van der Waals surface area contributed by atoms with Crippen molar-refractivity contribution in [2.75, 3.05) is 25.0 Å². The van der Waals surface area contributed by atoms with Gasteiger partial charge < -0.3 is 15.0 Å². The summed E-state index contributed by atoms with van der Waals surface area (Å²) in [7, 11) is 0. The lowest BCUT2D eigenvalue weighted by molar-refractivity contribution is -0.153. The number of esters is 1. The first-order valence-corrected chi connectivity index (χ1v) is 9.03. The van der Waals surface area contributed by atoms with Crippen LogP contribution in [0.1, 0.15) is 25.3 Å². The minimum absolute atomic E-state index is 0.233. The second-order valence-corrected chi connectivity index (χ2v) is 7.00. The summed E-state index contributed by atoms with van der Waals surface area (Å²) in [6.07, 6.45) is 1.37. The molecule has 0 aromatic heterocycles. The maximum absolute atomic E-state index is 12.4. The molecule has 1 fully saturated rings. The third-order valence-electron chi connectivity index (χ3n) is 3.96. The van der Waals surface area contributed by atoms with Crippen LogP contribution >= 0.6 is 22.6 Å². The molecule has 0 saturated carbocycles. The van der Waals surface area contributed by atoms with Crippen LogP contribution in [0.3, 0.4) is 0 Å². The number of benzene rings is 1. The zero-order valence-electron chi connectivity index (χ0n) is 13.8. The van der Waals surface area contributed by atoms with Crippen LogP contribution in [-0.2, 0) is 19.1 Å². The van der Waals surface area contributed by atoms with Crippen LogP contribution in [0.4, 0.5) is 5.69 Å². The van der Waals surface area contributed by atoms with Crippen molar-refractivity contribution in [1.29, 1.82) is 0 Å². The predicted molar refractivity (Wildman–Crippen MR) is 98.5 cm³/mol. The van der Waals surface area contributed by atoms with Gasteiger partial charge in [-0.3, -0.25) is 14.4 Å². The van der Waals surface area contributed by atoms with E-state index in [2.05, 4.69) is 27.9 Å². The molecule has 1 saturated heterocycles. The Morgan fingerprint density at radius 1 is 1.38 bits per heavy atom. The normalized spacial score (nSPS) is 17.3. The van der Waals surface area contributed by atoms with Crippen LogP contribution < -0.4 is 5.32 Å². The van der Waals surface area contributed by atoms with E-state index in [1.807, 2.05) is 19.1 Å². The van der Waals surface area contributed by atoms with Gasteiger partial charge in [0.2, 0.25) is 0 Å². The fraction of sp³-hybridized carbons (Fsp3) is 0.471. The van der Waals surface area contributed by atoms with Crippen molar-refractivity contribution in [2.45, 2.75) is 26.7 Å². The number of nitrogens with zero attached hydrogens (tertiary/aromatic N) is 1. The third-order valence-corrected chi connectivity index (χ3v) is 4.63. The summed E-state index contributed by atoms with van der Waals surface area (Å²) in [5.74, 6) is -1.94. The second kappa shape index (κ2) is 8.46. The lowest BCUT2D eigenvalue weighted by Crippen LogP contribution is -2.47. The maximum Gasteiger partial charge on any atom is 0.313 e. The molecule has 1 aliphatic heterocycles. The van der Waals surface area contributed by atoms with Gasteiger partial charge in [0.25, 0.3) is 0 Å². The van der Waals surface area contributed by atoms with E-state index in [0.29, 0.717) is 31.7 Å². The van der Waals surface area contributed by atoms with Crippen LogP contribution in [-0.4, -0.2) is 42.4 Å². The zero-order chi connectivity index (χ0) is 17.7. The zero-order valence-corrected chi connectivity index (χ0v) is 16.0.